The average Bonchev–Trinajstić information content (AvgIpc) is 3.20. The fourth-order valence-electron chi connectivity index (χ4n) is 5.29. The molecule has 0 spiro atoms. The van der Waals surface area contributed by atoms with Gasteiger partial charge in [0.25, 0.3) is 6.10 Å². The lowest BCUT2D eigenvalue weighted by molar-refractivity contribution is -0.154. The first-order valence-electron chi connectivity index (χ1n) is 15.5. The van der Waals surface area contributed by atoms with Gasteiger partial charge in [0, 0.05) is 5.56 Å². The molecule has 6 heteroatoms. The van der Waals surface area contributed by atoms with Crippen molar-refractivity contribution in [2.75, 3.05) is 6.61 Å². The predicted molar refractivity (Wildman–Crippen MR) is 162 cm³/mol. The largest absolute Gasteiger partial charge is 0.511 e. The molecule has 1 aromatic rings. The summed E-state index contributed by atoms with van der Waals surface area (Å²) in [5, 5.41) is 0. The summed E-state index contributed by atoms with van der Waals surface area (Å²) in [5.74, 6) is -0.613. The van der Waals surface area contributed by atoms with Crippen LogP contribution in [0.5, 0.6) is 0 Å². The Morgan fingerprint density at radius 3 is 1.85 bits per heavy atom. The van der Waals surface area contributed by atoms with Crippen LogP contribution in [0.1, 0.15) is 147 Å². The molecule has 1 aliphatic heterocycles. The van der Waals surface area contributed by atoms with Crippen molar-refractivity contribution >= 4 is 24.8 Å². The molecule has 0 bridgehead atoms. The minimum Gasteiger partial charge on any atom is -0.463 e. The molecule has 0 radical (unpaired) electrons. The number of cyclic esters (lactones) is 2. The standard InChI is InChI=1S/C33H54O5S/c1-6-7-8-9-10-11-12-13-14-15-16-17-18-19-20-21-24-36-30(34)29-33(39,38-31(35)37-29)28-25-26(2)22-23-27(28)32(3,4)5/h22-23,25,29,39H,6-21,24H2,1-5H3. The number of unbranched alkanes of at least 4 members (excludes halogenated alkanes) is 15. The van der Waals surface area contributed by atoms with Gasteiger partial charge in [0.15, 0.2) is 0 Å². The van der Waals surface area contributed by atoms with Crippen LogP contribution in [0.4, 0.5) is 4.79 Å². The summed E-state index contributed by atoms with van der Waals surface area (Å²) < 4.78 is 16.3. The lowest BCUT2D eigenvalue weighted by atomic mass is 9.80. The highest BCUT2D eigenvalue weighted by atomic mass is 32.1. The molecule has 0 N–H and O–H groups in total. The smallest absolute Gasteiger partial charge is 0.463 e. The Labute approximate surface area is 243 Å². The molecule has 2 atom stereocenters. The van der Waals surface area contributed by atoms with Gasteiger partial charge in [-0.05, 0) is 24.3 Å². The molecule has 222 valence electrons. The van der Waals surface area contributed by atoms with Gasteiger partial charge in [0.2, 0.25) is 4.93 Å². The summed E-state index contributed by atoms with van der Waals surface area (Å²) in [4.78, 5) is 23.6. The maximum absolute atomic E-state index is 13.0. The number of thiol groups is 1. The van der Waals surface area contributed by atoms with E-state index < -0.39 is 23.2 Å². The molecule has 1 aliphatic rings. The topological polar surface area (TPSA) is 61.8 Å². The quantitative estimate of drug-likeness (QED) is 0.103. The number of ether oxygens (including phenoxy) is 3. The molecule has 1 heterocycles. The van der Waals surface area contributed by atoms with Crippen molar-refractivity contribution in [3.05, 3.63) is 34.9 Å². The van der Waals surface area contributed by atoms with Gasteiger partial charge in [-0.3, -0.25) is 0 Å². The molecule has 0 aliphatic carbocycles. The number of rotatable bonds is 19. The number of carbonyl (C=O) groups excluding carboxylic acids is 2. The Bertz CT molecular complexity index is 877. The Morgan fingerprint density at radius 1 is 0.872 bits per heavy atom. The van der Waals surface area contributed by atoms with E-state index in [0.717, 1.165) is 30.4 Å². The maximum atomic E-state index is 13.0. The third kappa shape index (κ3) is 11.4. The number of carbonyl (C=O) groups is 2. The van der Waals surface area contributed by atoms with Gasteiger partial charge in [-0.25, -0.2) is 9.59 Å². The van der Waals surface area contributed by atoms with Gasteiger partial charge in [-0.15, -0.1) is 12.6 Å². The Balaban J connectivity index is 1.63. The molecule has 39 heavy (non-hydrogen) atoms. The van der Waals surface area contributed by atoms with Crippen LogP contribution in [0, 0.1) is 6.92 Å². The van der Waals surface area contributed by atoms with E-state index in [2.05, 4.69) is 27.7 Å². The summed E-state index contributed by atoms with van der Waals surface area (Å²) in [6.07, 6.45) is 18.5. The van der Waals surface area contributed by atoms with E-state index in [1.54, 1.807) is 0 Å². The molecule has 2 rings (SSSR count). The highest BCUT2D eigenvalue weighted by Crippen LogP contribution is 2.45. The number of hydrogen-bond donors (Lipinski definition) is 1. The van der Waals surface area contributed by atoms with Gasteiger partial charge < -0.3 is 14.2 Å². The summed E-state index contributed by atoms with van der Waals surface area (Å²) >= 11 is 4.70. The summed E-state index contributed by atoms with van der Waals surface area (Å²) in [7, 11) is 0. The monoisotopic (exact) mass is 562 g/mol. The van der Waals surface area contributed by atoms with E-state index in [-0.39, 0.29) is 5.41 Å². The van der Waals surface area contributed by atoms with Gasteiger partial charge in [0.05, 0.1) is 6.61 Å². The van der Waals surface area contributed by atoms with E-state index in [1.165, 1.54) is 83.5 Å². The second-order valence-corrected chi connectivity index (χ2v) is 13.0. The zero-order valence-electron chi connectivity index (χ0n) is 25.3. The summed E-state index contributed by atoms with van der Waals surface area (Å²) in [6.45, 7) is 10.7. The highest BCUT2D eigenvalue weighted by Gasteiger charge is 2.56. The van der Waals surface area contributed by atoms with Crippen molar-refractivity contribution in [3.8, 4) is 0 Å². The molecular weight excluding hydrogens is 508 g/mol. The van der Waals surface area contributed by atoms with Crippen molar-refractivity contribution in [1.82, 2.24) is 0 Å². The molecule has 5 nitrogen and oxygen atoms in total. The van der Waals surface area contributed by atoms with E-state index in [9.17, 15) is 9.59 Å². The van der Waals surface area contributed by atoms with Gasteiger partial charge in [0.1, 0.15) is 0 Å². The van der Waals surface area contributed by atoms with Crippen LogP contribution in [0.25, 0.3) is 0 Å². The summed E-state index contributed by atoms with van der Waals surface area (Å²) in [5.41, 5.74) is 2.34. The molecule has 0 aromatic heterocycles. The molecule has 0 amide bonds. The van der Waals surface area contributed by atoms with Crippen LogP contribution in [-0.2, 0) is 29.4 Å². The number of esters is 1. The molecule has 0 saturated carbocycles. The molecule has 2 unspecified atom stereocenters. The van der Waals surface area contributed by atoms with Crippen LogP contribution in [0.3, 0.4) is 0 Å². The Hall–Kier alpha value is -1.69. The first kappa shape index (κ1) is 33.5. The van der Waals surface area contributed by atoms with E-state index in [1.807, 2.05) is 25.1 Å². The second kappa shape index (κ2) is 17.2. The van der Waals surface area contributed by atoms with Crippen molar-refractivity contribution in [1.29, 1.82) is 0 Å². The highest BCUT2D eigenvalue weighted by molar-refractivity contribution is 7.81. The average molecular weight is 563 g/mol. The van der Waals surface area contributed by atoms with Crippen LogP contribution >= 0.6 is 12.6 Å². The van der Waals surface area contributed by atoms with E-state index in [0.29, 0.717) is 12.2 Å². The number of aryl methyl sites for hydroxylation is 1. The zero-order chi connectivity index (χ0) is 28.7. The van der Waals surface area contributed by atoms with Crippen molar-refractivity contribution in [2.24, 2.45) is 0 Å². The normalized spacial score (nSPS) is 19.1. The minimum atomic E-state index is -1.53. The van der Waals surface area contributed by atoms with Crippen molar-refractivity contribution in [2.45, 2.75) is 154 Å². The molecule has 1 saturated heterocycles. The fourth-order valence-corrected chi connectivity index (χ4v) is 5.71. The van der Waals surface area contributed by atoms with Crippen LogP contribution < -0.4 is 0 Å². The zero-order valence-corrected chi connectivity index (χ0v) is 26.2. The molecule has 1 fully saturated rings. The van der Waals surface area contributed by atoms with E-state index in [4.69, 9.17) is 26.8 Å². The fraction of sp³-hybridized carbons (Fsp3) is 0.758. The Morgan fingerprint density at radius 2 is 1.36 bits per heavy atom. The maximum Gasteiger partial charge on any atom is 0.511 e. The second-order valence-electron chi connectivity index (χ2n) is 12.3. The summed E-state index contributed by atoms with van der Waals surface area (Å²) in [6, 6.07) is 5.91. The molecular formula is C33H54O5S. The van der Waals surface area contributed by atoms with Crippen LogP contribution in [0.2, 0.25) is 0 Å². The van der Waals surface area contributed by atoms with Gasteiger partial charge in [-0.1, -0.05) is 148 Å². The first-order chi connectivity index (χ1) is 18.6. The number of hydrogen-bond acceptors (Lipinski definition) is 6. The lowest BCUT2D eigenvalue weighted by Gasteiger charge is -2.31. The van der Waals surface area contributed by atoms with Crippen LogP contribution in [0.15, 0.2) is 18.2 Å². The molecule has 1 aromatic carbocycles. The predicted octanol–water partition coefficient (Wildman–Crippen LogP) is 9.72. The Kier molecular flexibility index (Phi) is 14.8. The van der Waals surface area contributed by atoms with Crippen LogP contribution in [-0.4, -0.2) is 24.8 Å². The third-order valence-corrected chi connectivity index (χ3v) is 8.20. The number of benzene rings is 1. The van der Waals surface area contributed by atoms with E-state index >= 15 is 0 Å². The minimum absolute atomic E-state index is 0.240. The van der Waals surface area contributed by atoms with Crippen molar-refractivity contribution < 1.29 is 23.8 Å². The third-order valence-electron chi connectivity index (χ3n) is 7.63. The van der Waals surface area contributed by atoms with Gasteiger partial charge >= 0.3 is 12.1 Å². The van der Waals surface area contributed by atoms with Crippen molar-refractivity contribution in [3.63, 3.8) is 0 Å². The van der Waals surface area contributed by atoms with Gasteiger partial charge in [-0.2, -0.15) is 0 Å². The first-order valence-corrected chi connectivity index (χ1v) is 15.9. The SMILES string of the molecule is CCCCCCCCCCCCCCCCCCOC(=O)C1OC(=O)OC1(S)c1cc(C)ccc1C(C)(C)C. The lowest BCUT2D eigenvalue weighted by Crippen LogP contribution is -2.40.